The molecule has 1 unspecified atom stereocenters. The van der Waals surface area contributed by atoms with Crippen LogP contribution in [0.5, 0.6) is 5.75 Å². The van der Waals surface area contributed by atoms with E-state index >= 15 is 0 Å². The van der Waals surface area contributed by atoms with E-state index in [1.165, 1.54) is 23.1 Å². The first kappa shape index (κ1) is 26.0. The lowest BCUT2D eigenvalue weighted by Crippen LogP contribution is -2.22. The summed E-state index contributed by atoms with van der Waals surface area (Å²) in [6.07, 6.45) is 0. The first-order valence-corrected chi connectivity index (χ1v) is 13.5. The van der Waals surface area contributed by atoms with Gasteiger partial charge in [0.15, 0.2) is 10.2 Å². The van der Waals surface area contributed by atoms with E-state index in [4.69, 9.17) is 28.6 Å². The number of carbonyl (C=O) groups excluding carboxylic acids is 1. The van der Waals surface area contributed by atoms with Gasteiger partial charge in [0.05, 0.1) is 23.7 Å². The minimum atomic E-state index is -0.341. The van der Waals surface area contributed by atoms with Gasteiger partial charge in [-0.3, -0.25) is 4.79 Å². The molecule has 0 saturated heterocycles. The predicted octanol–water partition coefficient (Wildman–Crippen LogP) is 7.40. The molecule has 0 aliphatic heterocycles. The quantitative estimate of drug-likeness (QED) is 0.155. The van der Waals surface area contributed by atoms with Gasteiger partial charge in [-0.1, -0.05) is 48.0 Å². The smallest absolute Gasteiger partial charge is 0.239 e. The number of nitrogens with one attached hydrogen (secondary N) is 3. The van der Waals surface area contributed by atoms with Crippen molar-refractivity contribution in [2.24, 2.45) is 0 Å². The number of aromatic nitrogens is 1. The molecular weight excluding hydrogens is 532 g/mol. The Hall–Kier alpha value is -3.11. The van der Waals surface area contributed by atoms with Gasteiger partial charge in [-0.25, -0.2) is 4.98 Å². The Morgan fingerprint density at radius 3 is 2.64 bits per heavy atom. The number of rotatable bonds is 8. The lowest BCUT2D eigenvalue weighted by molar-refractivity contribution is -0.115. The Morgan fingerprint density at radius 1 is 1.06 bits per heavy atom. The number of thiazole rings is 1. The number of halogens is 1. The number of thioether (sulfide) groups is 1. The lowest BCUT2D eigenvalue weighted by atomic mass is 10.2. The van der Waals surface area contributed by atoms with Gasteiger partial charge in [0.25, 0.3) is 0 Å². The molecule has 1 aromatic heterocycles. The Bertz CT molecular complexity index is 1380. The predicted molar refractivity (Wildman–Crippen MR) is 156 cm³/mol. The van der Waals surface area contributed by atoms with Crippen molar-refractivity contribution in [3.63, 3.8) is 0 Å². The van der Waals surface area contributed by atoms with Crippen LogP contribution in [0.25, 0.3) is 11.3 Å². The largest absolute Gasteiger partial charge is 0.495 e. The Kier molecular flexibility index (Phi) is 8.82. The van der Waals surface area contributed by atoms with E-state index in [0.29, 0.717) is 21.0 Å². The third kappa shape index (κ3) is 6.76. The molecule has 0 aliphatic carbocycles. The SMILES string of the molecule is COc1ccccc1NC(=S)Nc1cccc(SC(C)C(=O)Nc2nc(-c3ccccc3Cl)cs2)c1. The molecule has 10 heteroatoms. The molecule has 0 saturated carbocycles. The van der Waals surface area contributed by atoms with Gasteiger partial charge in [-0.05, 0) is 55.5 Å². The molecule has 6 nitrogen and oxygen atoms in total. The molecule has 0 fully saturated rings. The molecule has 3 aromatic carbocycles. The summed E-state index contributed by atoms with van der Waals surface area (Å²) in [4.78, 5) is 18.3. The standard InChI is InChI=1S/C26H23ClN4O2S3/c1-16(24(32)31-26-30-22(15-35-26)19-10-3-4-11-20(19)27)36-18-9-7-8-17(14-18)28-25(34)29-21-12-5-6-13-23(21)33-2/h3-16H,1-2H3,(H2,28,29,34)(H,30,31,32). The van der Waals surface area contributed by atoms with E-state index in [1.54, 1.807) is 7.11 Å². The normalized spacial score (nSPS) is 11.4. The van der Waals surface area contributed by atoms with Gasteiger partial charge in [-0.15, -0.1) is 23.1 Å². The van der Waals surface area contributed by atoms with Crippen LogP contribution >= 0.6 is 46.9 Å². The fourth-order valence-electron chi connectivity index (χ4n) is 3.27. The number of thiocarbonyl (C=S) groups is 1. The third-order valence-corrected chi connectivity index (χ3v) is 7.40. The number of para-hydroxylation sites is 2. The minimum absolute atomic E-state index is 0.133. The van der Waals surface area contributed by atoms with E-state index in [2.05, 4.69) is 20.9 Å². The average Bonchev–Trinajstić information content (AvgIpc) is 3.33. The van der Waals surface area contributed by atoms with E-state index in [0.717, 1.165) is 27.5 Å². The maximum atomic E-state index is 12.8. The molecule has 3 N–H and O–H groups in total. The van der Waals surface area contributed by atoms with Gasteiger partial charge < -0.3 is 20.7 Å². The molecule has 4 rings (SSSR count). The molecule has 0 aliphatic rings. The summed E-state index contributed by atoms with van der Waals surface area (Å²) in [6, 6.07) is 22.8. The third-order valence-electron chi connectivity index (χ3n) is 5.01. The molecule has 0 spiro atoms. The number of anilines is 3. The number of carbonyl (C=O) groups is 1. The number of hydrogen-bond donors (Lipinski definition) is 3. The highest BCUT2D eigenvalue weighted by molar-refractivity contribution is 8.00. The van der Waals surface area contributed by atoms with Gasteiger partial charge in [0.2, 0.25) is 5.91 Å². The highest BCUT2D eigenvalue weighted by atomic mass is 35.5. The van der Waals surface area contributed by atoms with Crippen molar-refractivity contribution in [1.82, 2.24) is 4.98 Å². The van der Waals surface area contributed by atoms with E-state index < -0.39 is 0 Å². The summed E-state index contributed by atoms with van der Waals surface area (Å²) < 4.78 is 5.35. The van der Waals surface area contributed by atoms with Crippen LogP contribution in [-0.2, 0) is 4.79 Å². The van der Waals surface area contributed by atoms with Gasteiger partial charge in [0, 0.05) is 26.5 Å². The molecule has 1 heterocycles. The zero-order chi connectivity index (χ0) is 25.5. The van der Waals surface area contributed by atoms with Crippen molar-refractivity contribution in [3.8, 4) is 17.0 Å². The lowest BCUT2D eigenvalue weighted by Gasteiger charge is -2.14. The molecule has 184 valence electrons. The first-order valence-electron chi connectivity index (χ1n) is 10.9. The summed E-state index contributed by atoms with van der Waals surface area (Å²) in [5.41, 5.74) is 3.15. The Morgan fingerprint density at radius 2 is 1.83 bits per heavy atom. The van der Waals surface area contributed by atoms with Gasteiger partial charge in [0.1, 0.15) is 5.75 Å². The average molecular weight is 555 g/mol. The minimum Gasteiger partial charge on any atom is -0.495 e. The second kappa shape index (κ2) is 12.2. The van der Waals surface area contributed by atoms with Crippen molar-refractivity contribution < 1.29 is 9.53 Å². The van der Waals surface area contributed by atoms with Crippen LogP contribution in [-0.4, -0.2) is 28.4 Å². The monoisotopic (exact) mass is 554 g/mol. The molecule has 0 radical (unpaired) electrons. The summed E-state index contributed by atoms with van der Waals surface area (Å²) >= 11 is 14.5. The molecule has 36 heavy (non-hydrogen) atoms. The fourth-order valence-corrected chi connectivity index (χ4v) is 5.37. The molecule has 1 atom stereocenters. The van der Waals surface area contributed by atoms with Crippen LogP contribution in [0.3, 0.4) is 0 Å². The van der Waals surface area contributed by atoms with Crippen molar-refractivity contribution in [2.45, 2.75) is 17.1 Å². The van der Waals surface area contributed by atoms with Crippen LogP contribution < -0.4 is 20.7 Å². The van der Waals surface area contributed by atoms with Crippen molar-refractivity contribution in [2.75, 3.05) is 23.1 Å². The summed E-state index contributed by atoms with van der Waals surface area (Å²) in [5, 5.41) is 12.4. The van der Waals surface area contributed by atoms with Crippen molar-refractivity contribution >= 4 is 74.4 Å². The number of nitrogens with zero attached hydrogens (tertiary/aromatic N) is 1. The fraction of sp³-hybridized carbons (Fsp3) is 0.115. The molecular formula is C26H23ClN4O2S3. The number of benzene rings is 3. The maximum Gasteiger partial charge on any atom is 0.239 e. The van der Waals surface area contributed by atoms with Crippen LogP contribution in [0.2, 0.25) is 5.02 Å². The molecule has 1 amide bonds. The van der Waals surface area contributed by atoms with Crippen LogP contribution in [0.4, 0.5) is 16.5 Å². The highest BCUT2D eigenvalue weighted by Gasteiger charge is 2.17. The number of methoxy groups -OCH3 is 1. The number of hydrogen-bond acceptors (Lipinski definition) is 6. The van der Waals surface area contributed by atoms with E-state index in [9.17, 15) is 4.79 Å². The first-order chi connectivity index (χ1) is 17.4. The van der Waals surface area contributed by atoms with Crippen LogP contribution in [0.15, 0.2) is 83.1 Å². The second-order valence-corrected chi connectivity index (χ2v) is 10.7. The van der Waals surface area contributed by atoms with E-state index in [-0.39, 0.29) is 11.2 Å². The summed E-state index contributed by atoms with van der Waals surface area (Å²) in [5.74, 6) is 0.566. The Balaban J connectivity index is 1.34. The number of amides is 1. The second-order valence-electron chi connectivity index (χ2n) is 7.57. The van der Waals surface area contributed by atoms with E-state index in [1.807, 2.05) is 85.1 Å². The Labute approximate surface area is 228 Å². The van der Waals surface area contributed by atoms with Gasteiger partial charge >= 0.3 is 0 Å². The van der Waals surface area contributed by atoms with Gasteiger partial charge in [-0.2, -0.15) is 0 Å². The number of ether oxygens (including phenoxy) is 1. The molecule has 0 bridgehead atoms. The zero-order valence-corrected chi connectivity index (χ0v) is 22.7. The van der Waals surface area contributed by atoms with Crippen molar-refractivity contribution in [1.29, 1.82) is 0 Å². The topological polar surface area (TPSA) is 75.3 Å². The maximum absolute atomic E-state index is 12.8. The van der Waals surface area contributed by atoms with Crippen LogP contribution in [0.1, 0.15) is 6.92 Å². The van der Waals surface area contributed by atoms with Crippen LogP contribution in [0, 0.1) is 0 Å². The van der Waals surface area contributed by atoms with Crippen molar-refractivity contribution in [3.05, 3.63) is 83.2 Å². The zero-order valence-electron chi connectivity index (χ0n) is 19.4. The summed E-state index contributed by atoms with van der Waals surface area (Å²) in [7, 11) is 1.61. The summed E-state index contributed by atoms with van der Waals surface area (Å²) in [6.45, 7) is 1.86. The highest BCUT2D eigenvalue weighted by Crippen LogP contribution is 2.31. The molecule has 4 aromatic rings.